The van der Waals surface area contributed by atoms with Crippen LogP contribution in [-0.4, -0.2) is 37.7 Å². The number of benzene rings is 1. The van der Waals surface area contributed by atoms with E-state index < -0.39 is 0 Å². The molecule has 2 rings (SSSR count). The molecule has 0 radical (unpaired) electrons. The highest BCUT2D eigenvalue weighted by Gasteiger charge is 2.21. The highest BCUT2D eigenvalue weighted by atomic mass is 16.5. The van der Waals surface area contributed by atoms with Crippen LogP contribution < -0.4 is 5.73 Å². The van der Waals surface area contributed by atoms with Crippen molar-refractivity contribution in [2.24, 2.45) is 5.73 Å². The van der Waals surface area contributed by atoms with Gasteiger partial charge in [-0.1, -0.05) is 29.8 Å². The van der Waals surface area contributed by atoms with Gasteiger partial charge in [0.1, 0.15) is 0 Å². The Morgan fingerprint density at radius 2 is 2.33 bits per heavy atom. The number of piperidine rings is 1. The van der Waals surface area contributed by atoms with Crippen molar-refractivity contribution in [2.75, 3.05) is 26.7 Å². The molecule has 18 heavy (non-hydrogen) atoms. The van der Waals surface area contributed by atoms with Gasteiger partial charge in [0.15, 0.2) is 0 Å². The zero-order valence-corrected chi connectivity index (χ0v) is 11.4. The molecule has 1 aromatic rings. The summed E-state index contributed by atoms with van der Waals surface area (Å²) in [5.74, 6) is 0. The summed E-state index contributed by atoms with van der Waals surface area (Å²) in [4.78, 5) is 2.42. The Morgan fingerprint density at radius 1 is 1.50 bits per heavy atom. The number of ether oxygens (including phenoxy) is 1. The summed E-state index contributed by atoms with van der Waals surface area (Å²) in [6, 6.07) is 8.59. The minimum atomic E-state index is 0.0977. The molecule has 0 spiro atoms. The van der Waals surface area contributed by atoms with Crippen LogP contribution >= 0.6 is 0 Å². The molecule has 0 saturated carbocycles. The molecule has 1 fully saturated rings. The molecule has 0 bridgehead atoms. The Kier molecular flexibility index (Phi) is 4.75. The molecular weight excluding hydrogens is 224 g/mol. The van der Waals surface area contributed by atoms with Gasteiger partial charge in [0.05, 0.1) is 6.10 Å². The molecule has 0 aromatic heterocycles. The van der Waals surface area contributed by atoms with E-state index in [9.17, 15) is 0 Å². The number of likely N-dealkylation sites (tertiary alicyclic amines) is 1. The van der Waals surface area contributed by atoms with Crippen LogP contribution in [0.1, 0.15) is 30.0 Å². The largest absolute Gasteiger partial charge is 0.380 e. The van der Waals surface area contributed by atoms with E-state index in [4.69, 9.17) is 10.5 Å². The molecular formula is C15H24N2O. The lowest BCUT2D eigenvalue weighted by atomic mass is 10.0. The fourth-order valence-corrected chi connectivity index (χ4v) is 2.66. The number of rotatable bonds is 4. The molecule has 0 aliphatic carbocycles. The zero-order chi connectivity index (χ0) is 13.0. The van der Waals surface area contributed by atoms with Gasteiger partial charge in [0, 0.05) is 26.2 Å². The maximum absolute atomic E-state index is 6.30. The second kappa shape index (κ2) is 6.32. The van der Waals surface area contributed by atoms with Gasteiger partial charge in [-0.25, -0.2) is 0 Å². The van der Waals surface area contributed by atoms with E-state index in [0.717, 1.165) is 19.6 Å². The van der Waals surface area contributed by atoms with E-state index in [1.807, 2.05) is 0 Å². The van der Waals surface area contributed by atoms with Crippen LogP contribution in [0.2, 0.25) is 0 Å². The summed E-state index contributed by atoms with van der Waals surface area (Å²) in [6.45, 7) is 5.18. The molecule has 2 unspecified atom stereocenters. The third-order valence-corrected chi connectivity index (χ3v) is 3.72. The molecule has 1 aromatic carbocycles. The number of aryl methyl sites for hydroxylation is 1. The van der Waals surface area contributed by atoms with E-state index in [1.165, 1.54) is 24.0 Å². The van der Waals surface area contributed by atoms with Crippen LogP contribution in [0.5, 0.6) is 0 Å². The zero-order valence-electron chi connectivity index (χ0n) is 11.4. The normalized spacial score (nSPS) is 22.9. The number of hydrogen-bond donors (Lipinski definition) is 1. The highest BCUT2D eigenvalue weighted by molar-refractivity contribution is 5.25. The summed E-state index contributed by atoms with van der Waals surface area (Å²) in [5.41, 5.74) is 8.80. The van der Waals surface area contributed by atoms with Gasteiger partial charge < -0.3 is 10.5 Å². The van der Waals surface area contributed by atoms with Crippen molar-refractivity contribution in [3.63, 3.8) is 0 Å². The van der Waals surface area contributed by atoms with Crippen LogP contribution in [0, 0.1) is 6.92 Å². The molecule has 1 saturated heterocycles. The Hall–Kier alpha value is -0.900. The number of nitrogens with two attached hydrogens (primary N) is 1. The summed E-state index contributed by atoms with van der Waals surface area (Å²) in [6.07, 6.45) is 2.76. The van der Waals surface area contributed by atoms with Crippen molar-refractivity contribution in [2.45, 2.75) is 31.9 Å². The second-order valence-electron chi connectivity index (χ2n) is 5.28. The van der Waals surface area contributed by atoms with Crippen molar-refractivity contribution in [3.05, 3.63) is 35.4 Å². The average Bonchev–Trinajstić information content (AvgIpc) is 2.39. The fraction of sp³-hybridized carbons (Fsp3) is 0.600. The van der Waals surface area contributed by atoms with E-state index in [-0.39, 0.29) is 6.04 Å². The summed E-state index contributed by atoms with van der Waals surface area (Å²) >= 11 is 0. The van der Waals surface area contributed by atoms with Crippen molar-refractivity contribution in [1.82, 2.24) is 4.90 Å². The first kappa shape index (κ1) is 13.5. The SMILES string of the molecule is COC1CCCN(CC(N)c2cccc(C)c2)C1. The van der Waals surface area contributed by atoms with Gasteiger partial charge in [0.2, 0.25) is 0 Å². The molecule has 3 heteroatoms. The van der Waals surface area contributed by atoms with Gasteiger partial charge in [-0.2, -0.15) is 0 Å². The quantitative estimate of drug-likeness (QED) is 0.887. The predicted molar refractivity (Wildman–Crippen MR) is 74.6 cm³/mol. The third kappa shape index (κ3) is 3.55. The molecule has 2 N–H and O–H groups in total. The first-order valence-corrected chi connectivity index (χ1v) is 6.76. The monoisotopic (exact) mass is 248 g/mol. The number of methoxy groups -OCH3 is 1. The summed E-state index contributed by atoms with van der Waals surface area (Å²) in [7, 11) is 1.80. The van der Waals surface area contributed by atoms with Gasteiger partial charge in [-0.05, 0) is 31.9 Å². The molecule has 2 atom stereocenters. The second-order valence-corrected chi connectivity index (χ2v) is 5.28. The van der Waals surface area contributed by atoms with Gasteiger partial charge in [-0.15, -0.1) is 0 Å². The van der Waals surface area contributed by atoms with Gasteiger partial charge in [0.25, 0.3) is 0 Å². The van der Waals surface area contributed by atoms with Crippen molar-refractivity contribution < 1.29 is 4.74 Å². The topological polar surface area (TPSA) is 38.5 Å². The maximum Gasteiger partial charge on any atom is 0.0698 e. The molecule has 3 nitrogen and oxygen atoms in total. The Bertz CT molecular complexity index is 381. The molecule has 0 amide bonds. The van der Waals surface area contributed by atoms with Crippen molar-refractivity contribution in [3.8, 4) is 0 Å². The molecule has 100 valence electrons. The number of hydrogen-bond acceptors (Lipinski definition) is 3. The van der Waals surface area contributed by atoms with Crippen LogP contribution in [0.3, 0.4) is 0 Å². The Labute approximate surface area is 110 Å². The predicted octanol–water partition coefficient (Wildman–Crippen LogP) is 2.11. The average molecular weight is 248 g/mol. The minimum absolute atomic E-state index is 0.0977. The summed E-state index contributed by atoms with van der Waals surface area (Å²) < 4.78 is 5.45. The lowest BCUT2D eigenvalue weighted by molar-refractivity contribution is 0.0294. The van der Waals surface area contributed by atoms with Crippen molar-refractivity contribution >= 4 is 0 Å². The van der Waals surface area contributed by atoms with E-state index in [1.54, 1.807) is 7.11 Å². The molecule has 1 aliphatic rings. The van der Waals surface area contributed by atoms with Crippen molar-refractivity contribution in [1.29, 1.82) is 0 Å². The van der Waals surface area contributed by atoms with Crippen LogP contribution in [0.15, 0.2) is 24.3 Å². The van der Waals surface area contributed by atoms with E-state index in [0.29, 0.717) is 6.10 Å². The van der Waals surface area contributed by atoms with Crippen LogP contribution in [0.4, 0.5) is 0 Å². The Morgan fingerprint density at radius 3 is 3.06 bits per heavy atom. The first-order valence-electron chi connectivity index (χ1n) is 6.76. The molecule has 1 heterocycles. The smallest absolute Gasteiger partial charge is 0.0698 e. The fourth-order valence-electron chi connectivity index (χ4n) is 2.66. The van der Waals surface area contributed by atoms with Gasteiger partial charge >= 0.3 is 0 Å². The lowest BCUT2D eigenvalue weighted by Gasteiger charge is -2.33. The minimum Gasteiger partial charge on any atom is -0.380 e. The van der Waals surface area contributed by atoms with E-state index in [2.05, 4.69) is 36.1 Å². The highest BCUT2D eigenvalue weighted by Crippen LogP contribution is 2.17. The van der Waals surface area contributed by atoms with Gasteiger partial charge in [-0.3, -0.25) is 4.90 Å². The Balaban J connectivity index is 1.92. The molecule has 1 aliphatic heterocycles. The van der Waals surface area contributed by atoms with E-state index >= 15 is 0 Å². The third-order valence-electron chi connectivity index (χ3n) is 3.72. The van der Waals surface area contributed by atoms with Crippen LogP contribution in [-0.2, 0) is 4.74 Å². The standard InChI is InChI=1S/C15H24N2O/c1-12-5-3-6-13(9-12)15(16)11-17-8-4-7-14(10-17)18-2/h3,5-6,9,14-15H,4,7-8,10-11,16H2,1-2H3. The maximum atomic E-state index is 6.30. The lowest BCUT2D eigenvalue weighted by Crippen LogP contribution is -2.42. The number of nitrogens with zero attached hydrogens (tertiary/aromatic N) is 1. The summed E-state index contributed by atoms with van der Waals surface area (Å²) in [5, 5.41) is 0. The first-order chi connectivity index (χ1) is 8.69. The van der Waals surface area contributed by atoms with Crippen LogP contribution in [0.25, 0.3) is 0 Å².